The second-order valence-electron chi connectivity index (χ2n) is 4.61. The second-order valence-corrected chi connectivity index (χ2v) is 5.76. The van der Waals surface area contributed by atoms with Crippen molar-refractivity contribution in [3.8, 4) is 0 Å². The molecule has 20 heavy (non-hydrogen) atoms. The van der Waals surface area contributed by atoms with Gasteiger partial charge in [-0.1, -0.05) is 0 Å². The van der Waals surface area contributed by atoms with Crippen LogP contribution in [0.25, 0.3) is 0 Å². The molecule has 1 heterocycles. The largest absolute Gasteiger partial charge is 0.481 e. The summed E-state index contributed by atoms with van der Waals surface area (Å²) in [5.74, 6) is 0.273. The maximum absolute atomic E-state index is 12.3. The molecule has 0 bridgehead atoms. The average molecular weight is 303 g/mol. The third-order valence-electron chi connectivity index (χ3n) is 2.96. The maximum Gasteiger partial charge on any atom is 0.320 e. The van der Waals surface area contributed by atoms with Crippen molar-refractivity contribution in [1.29, 1.82) is 0 Å². The molecule has 1 aliphatic rings. The van der Waals surface area contributed by atoms with E-state index in [-0.39, 0.29) is 30.9 Å². The summed E-state index contributed by atoms with van der Waals surface area (Å²) in [6, 6.07) is -0.599. The van der Waals surface area contributed by atoms with Crippen molar-refractivity contribution in [2.75, 3.05) is 38.2 Å². The van der Waals surface area contributed by atoms with E-state index in [1.165, 1.54) is 4.90 Å². The number of nitrogens with one attached hydrogen (secondary N) is 1. The molecule has 2 N–H and O–H groups in total. The monoisotopic (exact) mass is 303 g/mol. The molecular formula is C12H21N3O4S. The van der Waals surface area contributed by atoms with Crippen LogP contribution in [0, 0.1) is 0 Å². The molecule has 1 saturated heterocycles. The Balaban J connectivity index is 2.62. The molecule has 3 amide bonds. The molecular weight excluding hydrogens is 282 g/mol. The van der Waals surface area contributed by atoms with Crippen molar-refractivity contribution in [3.05, 3.63) is 0 Å². The fourth-order valence-electron chi connectivity index (χ4n) is 2.03. The number of carboxylic acid groups (broad SMARTS) is 1. The molecule has 1 fully saturated rings. The molecule has 7 nitrogen and oxygen atoms in total. The first-order chi connectivity index (χ1) is 9.45. The van der Waals surface area contributed by atoms with Gasteiger partial charge in [-0.05, 0) is 6.92 Å². The second kappa shape index (κ2) is 7.98. The molecule has 0 radical (unpaired) electrons. The Morgan fingerprint density at radius 1 is 1.45 bits per heavy atom. The topological polar surface area (TPSA) is 90.0 Å². The van der Waals surface area contributed by atoms with E-state index in [0.717, 1.165) is 5.75 Å². The van der Waals surface area contributed by atoms with Crippen LogP contribution in [0.3, 0.4) is 0 Å². The number of carbonyl (C=O) groups excluding carboxylic acids is 2. The Morgan fingerprint density at radius 2 is 2.15 bits per heavy atom. The predicted octanol–water partition coefficient (Wildman–Crippen LogP) is 0.0664. The molecule has 8 heteroatoms. The van der Waals surface area contributed by atoms with Crippen LogP contribution in [-0.4, -0.2) is 77.0 Å². The highest BCUT2D eigenvalue weighted by Crippen LogP contribution is 2.20. The first kappa shape index (κ1) is 16.6. The van der Waals surface area contributed by atoms with Crippen LogP contribution in [0.1, 0.15) is 13.3 Å². The van der Waals surface area contributed by atoms with Gasteiger partial charge in [0.2, 0.25) is 5.91 Å². The molecule has 0 saturated carbocycles. The van der Waals surface area contributed by atoms with Crippen LogP contribution in [0.15, 0.2) is 0 Å². The summed E-state index contributed by atoms with van der Waals surface area (Å²) < 4.78 is 0. The van der Waals surface area contributed by atoms with Gasteiger partial charge < -0.3 is 20.2 Å². The van der Waals surface area contributed by atoms with Gasteiger partial charge in [0.05, 0.1) is 12.5 Å². The number of hydrogen-bond acceptors (Lipinski definition) is 4. The lowest BCUT2D eigenvalue weighted by Crippen LogP contribution is -2.53. The van der Waals surface area contributed by atoms with E-state index in [1.54, 1.807) is 23.7 Å². The number of thioether (sulfide) groups is 1. The van der Waals surface area contributed by atoms with E-state index in [0.29, 0.717) is 18.8 Å². The standard InChI is InChI=1S/C12H21N3O4S/c1-3-13-10(16)7-14(2)12(19)15-4-5-20-8-9(15)6-11(17)18/h9H,3-8H2,1-2H3,(H,13,16)(H,17,18). The van der Waals surface area contributed by atoms with Gasteiger partial charge in [0.1, 0.15) is 6.54 Å². The Labute approximate surface area is 122 Å². The molecule has 114 valence electrons. The summed E-state index contributed by atoms with van der Waals surface area (Å²) in [6.45, 7) is 2.82. The minimum atomic E-state index is -0.915. The van der Waals surface area contributed by atoms with Gasteiger partial charge in [0.25, 0.3) is 0 Å². The minimum absolute atomic E-state index is 0.0178. The van der Waals surface area contributed by atoms with Gasteiger partial charge in [0, 0.05) is 31.6 Å². The SMILES string of the molecule is CCNC(=O)CN(C)C(=O)N1CCSCC1CC(=O)O. The summed E-state index contributed by atoms with van der Waals surface area (Å²) >= 11 is 1.64. The number of carboxylic acids is 1. The van der Waals surface area contributed by atoms with Crippen LogP contribution in [-0.2, 0) is 9.59 Å². The summed E-state index contributed by atoms with van der Waals surface area (Å²) in [5.41, 5.74) is 0. The fraction of sp³-hybridized carbons (Fsp3) is 0.750. The third kappa shape index (κ3) is 4.92. The van der Waals surface area contributed by atoms with E-state index < -0.39 is 5.97 Å². The molecule has 0 spiro atoms. The number of carbonyl (C=O) groups is 3. The van der Waals surface area contributed by atoms with E-state index in [4.69, 9.17) is 5.11 Å². The number of likely N-dealkylation sites (N-methyl/N-ethyl adjacent to an activating group) is 2. The zero-order chi connectivity index (χ0) is 15.1. The van der Waals surface area contributed by atoms with Crippen LogP contribution in [0.4, 0.5) is 4.79 Å². The zero-order valence-corrected chi connectivity index (χ0v) is 12.6. The molecule has 1 aliphatic heterocycles. The Morgan fingerprint density at radius 3 is 2.75 bits per heavy atom. The van der Waals surface area contributed by atoms with E-state index in [1.807, 2.05) is 6.92 Å². The summed E-state index contributed by atoms with van der Waals surface area (Å²) in [4.78, 5) is 37.5. The summed E-state index contributed by atoms with van der Waals surface area (Å²) in [7, 11) is 1.55. The minimum Gasteiger partial charge on any atom is -0.481 e. The van der Waals surface area contributed by atoms with Crippen molar-refractivity contribution < 1.29 is 19.5 Å². The molecule has 1 atom stereocenters. The van der Waals surface area contributed by atoms with Crippen molar-refractivity contribution >= 4 is 29.7 Å². The number of aliphatic carboxylic acids is 1. The molecule has 0 aliphatic carbocycles. The zero-order valence-electron chi connectivity index (χ0n) is 11.8. The van der Waals surface area contributed by atoms with Gasteiger partial charge in [0.15, 0.2) is 0 Å². The van der Waals surface area contributed by atoms with Gasteiger partial charge in [-0.25, -0.2) is 4.79 Å². The van der Waals surface area contributed by atoms with Gasteiger partial charge in [-0.15, -0.1) is 0 Å². The van der Waals surface area contributed by atoms with E-state index in [2.05, 4.69) is 5.32 Å². The third-order valence-corrected chi connectivity index (χ3v) is 4.06. The quantitative estimate of drug-likeness (QED) is 0.750. The van der Waals surface area contributed by atoms with Crippen LogP contribution < -0.4 is 5.32 Å². The number of urea groups is 1. The molecule has 1 unspecified atom stereocenters. The van der Waals surface area contributed by atoms with Gasteiger partial charge in [-0.3, -0.25) is 9.59 Å². The average Bonchev–Trinajstić information content (AvgIpc) is 2.38. The van der Waals surface area contributed by atoms with Crippen molar-refractivity contribution in [2.24, 2.45) is 0 Å². The Bertz CT molecular complexity index is 378. The van der Waals surface area contributed by atoms with Crippen molar-refractivity contribution in [2.45, 2.75) is 19.4 Å². The number of nitrogens with zero attached hydrogens (tertiary/aromatic N) is 2. The van der Waals surface area contributed by atoms with Crippen molar-refractivity contribution in [3.63, 3.8) is 0 Å². The Hall–Kier alpha value is -1.44. The highest BCUT2D eigenvalue weighted by molar-refractivity contribution is 7.99. The first-order valence-electron chi connectivity index (χ1n) is 6.53. The van der Waals surface area contributed by atoms with Crippen LogP contribution in [0.2, 0.25) is 0 Å². The molecule has 0 aromatic carbocycles. The van der Waals surface area contributed by atoms with Crippen LogP contribution >= 0.6 is 11.8 Å². The highest BCUT2D eigenvalue weighted by atomic mass is 32.2. The normalized spacial score (nSPS) is 18.5. The lowest BCUT2D eigenvalue weighted by molar-refractivity contribution is -0.138. The van der Waals surface area contributed by atoms with Crippen molar-refractivity contribution in [1.82, 2.24) is 15.1 Å². The first-order valence-corrected chi connectivity index (χ1v) is 7.69. The smallest absolute Gasteiger partial charge is 0.320 e. The Kier molecular flexibility index (Phi) is 6.63. The van der Waals surface area contributed by atoms with Gasteiger partial charge in [-0.2, -0.15) is 11.8 Å². The molecule has 0 aromatic heterocycles. The summed E-state index contributed by atoms with van der Waals surface area (Å²) in [5, 5.41) is 11.5. The number of rotatable bonds is 5. The highest BCUT2D eigenvalue weighted by Gasteiger charge is 2.31. The lowest BCUT2D eigenvalue weighted by Gasteiger charge is -2.37. The molecule has 1 rings (SSSR count). The van der Waals surface area contributed by atoms with E-state index in [9.17, 15) is 14.4 Å². The lowest BCUT2D eigenvalue weighted by atomic mass is 10.2. The summed E-state index contributed by atoms with van der Waals surface area (Å²) in [6.07, 6.45) is -0.0618. The maximum atomic E-state index is 12.3. The van der Waals surface area contributed by atoms with E-state index >= 15 is 0 Å². The number of hydrogen-bond donors (Lipinski definition) is 2. The predicted molar refractivity (Wildman–Crippen MR) is 76.8 cm³/mol. The van der Waals surface area contributed by atoms with Gasteiger partial charge >= 0.3 is 12.0 Å². The number of amides is 3. The van der Waals surface area contributed by atoms with Crippen LogP contribution in [0.5, 0.6) is 0 Å². The molecule has 0 aromatic rings. The fourth-order valence-corrected chi connectivity index (χ4v) is 3.10.